The van der Waals surface area contributed by atoms with E-state index < -0.39 is 0 Å². The normalized spacial score (nSPS) is 36.6. The molecule has 1 aromatic heterocycles. The largest absolute Gasteiger partial charge is 0.309 e. The van der Waals surface area contributed by atoms with Gasteiger partial charge in [0.15, 0.2) is 0 Å². The van der Waals surface area contributed by atoms with Crippen LogP contribution in [0.15, 0.2) is 17.5 Å². The molecule has 2 heterocycles. The fourth-order valence-electron chi connectivity index (χ4n) is 3.05. The second-order valence-electron chi connectivity index (χ2n) is 5.14. The zero-order valence-electron chi connectivity index (χ0n) is 10.2. The van der Waals surface area contributed by atoms with E-state index in [0.717, 1.165) is 17.3 Å². The van der Waals surface area contributed by atoms with Crippen LogP contribution >= 0.6 is 11.3 Å². The molecule has 4 atom stereocenters. The highest BCUT2D eigenvalue weighted by Gasteiger charge is 2.50. The number of carbonyl (C=O) groups is 1. The smallest absolute Gasteiger partial charge is 0.244 e. The molecule has 1 aliphatic heterocycles. The first-order valence-corrected chi connectivity index (χ1v) is 7.14. The highest BCUT2D eigenvalue weighted by atomic mass is 32.1. The van der Waals surface area contributed by atoms with E-state index in [2.05, 4.69) is 18.3 Å². The van der Waals surface area contributed by atoms with Gasteiger partial charge in [-0.1, -0.05) is 0 Å². The molecule has 3 rings (SSSR count). The van der Waals surface area contributed by atoms with Crippen molar-refractivity contribution < 1.29 is 4.79 Å². The second-order valence-corrected chi connectivity index (χ2v) is 6.06. The third kappa shape index (κ3) is 1.79. The van der Waals surface area contributed by atoms with Crippen LogP contribution in [0.3, 0.4) is 0 Å². The number of nitrogens with one attached hydrogen (secondary N) is 1. The predicted molar refractivity (Wildman–Crippen MR) is 70.3 cm³/mol. The lowest BCUT2D eigenvalue weighted by Gasteiger charge is -2.29. The average molecular weight is 250 g/mol. The SMILES string of the molecule is CNC1CC2CC2C(C)N(c2cccs2)C1=O. The van der Waals surface area contributed by atoms with Gasteiger partial charge in [0, 0.05) is 6.04 Å². The van der Waals surface area contributed by atoms with E-state index in [0.29, 0.717) is 12.0 Å². The van der Waals surface area contributed by atoms with Gasteiger partial charge in [-0.3, -0.25) is 9.69 Å². The summed E-state index contributed by atoms with van der Waals surface area (Å²) < 4.78 is 0. The molecule has 2 aliphatic rings. The maximum absolute atomic E-state index is 12.5. The van der Waals surface area contributed by atoms with Crippen molar-refractivity contribution in [3.05, 3.63) is 17.5 Å². The molecule has 0 spiro atoms. The summed E-state index contributed by atoms with van der Waals surface area (Å²) in [6.07, 6.45) is 2.29. The van der Waals surface area contributed by atoms with Gasteiger partial charge < -0.3 is 5.32 Å². The Balaban J connectivity index is 1.95. The quantitative estimate of drug-likeness (QED) is 0.872. The van der Waals surface area contributed by atoms with Crippen molar-refractivity contribution in [3.8, 4) is 0 Å². The van der Waals surface area contributed by atoms with Crippen LogP contribution in [0.4, 0.5) is 5.00 Å². The van der Waals surface area contributed by atoms with E-state index in [9.17, 15) is 4.79 Å². The van der Waals surface area contributed by atoms with Gasteiger partial charge in [0.25, 0.3) is 0 Å². The van der Waals surface area contributed by atoms with Gasteiger partial charge in [-0.25, -0.2) is 0 Å². The molecule has 3 nitrogen and oxygen atoms in total. The first kappa shape index (κ1) is 11.2. The zero-order valence-corrected chi connectivity index (χ0v) is 11.0. The fraction of sp³-hybridized carbons (Fsp3) is 0.615. The Labute approximate surface area is 106 Å². The van der Waals surface area contributed by atoms with Gasteiger partial charge in [-0.05, 0) is 56.2 Å². The summed E-state index contributed by atoms with van der Waals surface area (Å²) in [6.45, 7) is 2.19. The highest BCUT2D eigenvalue weighted by molar-refractivity contribution is 7.14. The number of fused-ring (bicyclic) bond motifs is 1. The van der Waals surface area contributed by atoms with Crippen molar-refractivity contribution >= 4 is 22.2 Å². The molecule has 1 aromatic rings. The van der Waals surface area contributed by atoms with Gasteiger partial charge in [0.05, 0.1) is 11.0 Å². The van der Waals surface area contributed by atoms with E-state index in [1.807, 2.05) is 23.4 Å². The fourth-order valence-corrected chi connectivity index (χ4v) is 3.88. The van der Waals surface area contributed by atoms with E-state index in [1.54, 1.807) is 11.3 Å². The highest BCUT2D eigenvalue weighted by Crippen LogP contribution is 2.49. The molecule has 1 aliphatic carbocycles. The monoisotopic (exact) mass is 250 g/mol. The molecule has 1 amide bonds. The number of amides is 1. The molecule has 92 valence electrons. The van der Waals surface area contributed by atoms with E-state index in [-0.39, 0.29) is 11.9 Å². The Hall–Kier alpha value is -0.870. The summed E-state index contributed by atoms with van der Waals surface area (Å²) in [5.41, 5.74) is 0. The summed E-state index contributed by atoms with van der Waals surface area (Å²) in [5.74, 6) is 1.70. The first-order valence-electron chi connectivity index (χ1n) is 6.26. The Morgan fingerprint density at radius 3 is 2.94 bits per heavy atom. The first-order chi connectivity index (χ1) is 8.22. The van der Waals surface area contributed by atoms with Crippen LogP contribution in [-0.2, 0) is 4.79 Å². The second kappa shape index (κ2) is 4.10. The molecule has 0 radical (unpaired) electrons. The van der Waals surface area contributed by atoms with Crippen LogP contribution in [0.2, 0.25) is 0 Å². The molecule has 1 N–H and O–H groups in total. The number of carbonyl (C=O) groups excluding carboxylic acids is 1. The Bertz CT molecular complexity index is 417. The van der Waals surface area contributed by atoms with Crippen LogP contribution in [0.5, 0.6) is 0 Å². The maximum Gasteiger partial charge on any atom is 0.244 e. The summed E-state index contributed by atoms with van der Waals surface area (Å²) in [5, 5.41) is 6.31. The summed E-state index contributed by atoms with van der Waals surface area (Å²) in [4.78, 5) is 14.5. The van der Waals surface area contributed by atoms with Gasteiger partial charge in [0.1, 0.15) is 0 Å². The molecule has 0 bridgehead atoms. The van der Waals surface area contributed by atoms with Crippen molar-refractivity contribution in [3.63, 3.8) is 0 Å². The van der Waals surface area contributed by atoms with Gasteiger partial charge in [-0.15, -0.1) is 11.3 Å². The van der Waals surface area contributed by atoms with Gasteiger partial charge in [0.2, 0.25) is 5.91 Å². The molecule has 2 fully saturated rings. The average Bonchev–Trinajstić information content (AvgIpc) is 2.92. The van der Waals surface area contributed by atoms with Crippen molar-refractivity contribution in [1.82, 2.24) is 5.32 Å². The minimum atomic E-state index is -0.00273. The van der Waals surface area contributed by atoms with E-state index in [1.165, 1.54) is 6.42 Å². The molecular formula is C13H18N2OS. The van der Waals surface area contributed by atoms with E-state index >= 15 is 0 Å². The number of hydrogen-bond donors (Lipinski definition) is 1. The Kier molecular flexibility index (Phi) is 2.71. The third-order valence-corrected chi connectivity index (χ3v) is 5.04. The van der Waals surface area contributed by atoms with Gasteiger partial charge >= 0.3 is 0 Å². The van der Waals surface area contributed by atoms with E-state index in [4.69, 9.17) is 0 Å². The van der Waals surface area contributed by atoms with Crippen molar-refractivity contribution in [2.24, 2.45) is 11.8 Å². The summed E-state index contributed by atoms with van der Waals surface area (Å²) in [6, 6.07) is 4.42. The topological polar surface area (TPSA) is 32.3 Å². The number of nitrogens with zero attached hydrogens (tertiary/aromatic N) is 1. The summed E-state index contributed by atoms with van der Waals surface area (Å²) in [7, 11) is 1.89. The minimum Gasteiger partial charge on any atom is -0.309 e. The number of likely N-dealkylation sites (N-methyl/N-ethyl adjacent to an activating group) is 1. The number of hydrogen-bond acceptors (Lipinski definition) is 3. The number of thiophene rings is 1. The lowest BCUT2D eigenvalue weighted by Crippen LogP contribution is -2.48. The Morgan fingerprint density at radius 1 is 1.47 bits per heavy atom. The summed E-state index contributed by atoms with van der Waals surface area (Å²) >= 11 is 1.66. The van der Waals surface area contributed by atoms with Crippen molar-refractivity contribution in [1.29, 1.82) is 0 Å². The van der Waals surface area contributed by atoms with Crippen LogP contribution in [0.1, 0.15) is 19.8 Å². The maximum atomic E-state index is 12.5. The molecule has 0 aromatic carbocycles. The molecular weight excluding hydrogens is 232 g/mol. The zero-order chi connectivity index (χ0) is 12.0. The molecule has 1 saturated carbocycles. The van der Waals surface area contributed by atoms with Gasteiger partial charge in [-0.2, -0.15) is 0 Å². The minimum absolute atomic E-state index is 0.00273. The van der Waals surface area contributed by atoms with Crippen LogP contribution in [0, 0.1) is 11.8 Å². The van der Waals surface area contributed by atoms with Crippen molar-refractivity contribution in [2.75, 3.05) is 11.9 Å². The molecule has 17 heavy (non-hydrogen) atoms. The lowest BCUT2D eigenvalue weighted by atomic mass is 10.1. The molecule has 1 saturated heterocycles. The van der Waals surface area contributed by atoms with Crippen LogP contribution in [-0.4, -0.2) is 25.0 Å². The molecule has 4 heteroatoms. The van der Waals surface area contributed by atoms with Crippen molar-refractivity contribution in [2.45, 2.75) is 31.8 Å². The third-order valence-electron chi connectivity index (χ3n) is 4.17. The van der Waals surface area contributed by atoms with Crippen LogP contribution in [0.25, 0.3) is 0 Å². The van der Waals surface area contributed by atoms with Crippen LogP contribution < -0.4 is 10.2 Å². The lowest BCUT2D eigenvalue weighted by molar-refractivity contribution is -0.120. The standard InChI is InChI=1S/C13H18N2OS/c1-8-10-6-9(10)7-11(14-2)13(16)15(8)12-4-3-5-17-12/h3-5,8-11,14H,6-7H2,1-2H3. The predicted octanol–water partition coefficient (Wildman–Crippen LogP) is 2.10. The molecule has 4 unspecified atom stereocenters. The number of rotatable bonds is 2. The number of anilines is 1. The Morgan fingerprint density at radius 2 is 2.29 bits per heavy atom.